The molecule has 0 amide bonds. The zero-order valence-electron chi connectivity index (χ0n) is 4.92. The van der Waals surface area contributed by atoms with E-state index in [1.165, 1.54) is 0 Å². The smallest absolute Gasteiger partial charge is 0.0675 e. The number of aliphatic hydroxyl groups excluding tert-OH is 1. The van der Waals surface area contributed by atoms with Gasteiger partial charge in [-0.25, -0.2) is 0 Å². The van der Waals surface area contributed by atoms with Crippen LogP contribution in [-0.4, -0.2) is 17.8 Å². The Morgan fingerprint density at radius 1 is 1.75 bits per heavy atom. The highest BCUT2D eigenvalue weighted by molar-refractivity contribution is 5.85. The van der Waals surface area contributed by atoms with E-state index in [2.05, 4.69) is 5.43 Å². The first kappa shape index (κ1) is 11.0. The summed E-state index contributed by atoms with van der Waals surface area (Å²) in [5, 5.41) is 8.72. The molecule has 52 valence electrons. The van der Waals surface area contributed by atoms with Crippen molar-refractivity contribution in [3.63, 3.8) is 0 Å². The second kappa shape index (κ2) is 7.17. The zero-order valence-corrected chi connectivity index (χ0v) is 5.74. The average Bonchev–Trinajstić information content (AvgIpc) is 1.68. The lowest BCUT2D eigenvalue weighted by molar-refractivity contribution is 0.168. The third-order valence-corrected chi connectivity index (χ3v) is 0.825. The molecule has 0 fully saturated rings. The van der Waals surface area contributed by atoms with Gasteiger partial charge >= 0.3 is 0 Å². The number of nitrogens with one attached hydrogen (secondary N) is 1. The summed E-state index contributed by atoms with van der Waals surface area (Å²) < 4.78 is 0. The Bertz CT molecular complexity index is 45.0. The third-order valence-electron chi connectivity index (χ3n) is 0.825. The number of hydrazine groups is 1. The van der Waals surface area contributed by atoms with Crippen LogP contribution in [0.2, 0.25) is 0 Å². The molecule has 4 N–H and O–H groups in total. The fraction of sp³-hybridized carbons (Fsp3) is 1.00. The van der Waals surface area contributed by atoms with Crippen molar-refractivity contribution < 1.29 is 5.11 Å². The van der Waals surface area contributed by atoms with Gasteiger partial charge in [-0.05, 0) is 6.42 Å². The number of hydrogen-bond acceptors (Lipinski definition) is 3. The first-order valence-corrected chi connectivity index (χ1v) is 2.42. The molecule has 0 spiro atoms. The Hall–Kier alpha value is 0.170. The zero-order chi connectivity index (χ0) is 5.70. The van der Waals surface area contributed by atoms with Gasteiger partial charge < -0.3 is 5.11 Å². The summed E-state index contributed by atoms with van der Waals surface area (Å²) in [7, 11) is 0. The first-order chi connectivity index (χ1) is 3.31. The van der Waals surface area contributed by atoms with Crippen LogP contribution in [0.15, 0.2) is 0 Å². The van der Waals surface area contributed by atoms with E-state index in [1.807, 2.05) is 6.92 Å². The van der Waals surface area contributed by atoms with E-state index in [0.717, 1.165) is 6.42 Å². The number of nitrogens with two attached hydrogens (primary N) is 1. The molecule has 0 heterocycles. The molecule has 0 aromatic heterocycles. The normalized spacial score (nSPS) is 12.4. The van der Waals surface area contributed by atoms with Gasteiger partial charge in [-0.2, -0.15) is 0 Å². The van der Waals surface area contributed by atoms with Gasteiger partial charge in [0.05, 0.1) is 6.10 Å². The Balaban J connectivity index is 0. The highest BCUT2D eigenvalue weighted by atomic mass is 35.5. The fourth-order valence-corrected chi connectivity index (χ4v) is 0.280. The maximum absolute atomic E-state index is 8.72. The summed E-state index contributed by atoms with van der Waals surface area (Å²) in [4.78, 5) is 0. The van der Waals surface area contributed by atoms with Gasteiger partial charge in [-0.1, -0.05) is 6.92 Å². The molecular weight excluding hydrogens is 128 g/mol. The minimum Gasteiger partial charge on any atom is -0.392 e. The molecular formula is C4H13ClN2O. The van der Waals surface area contributed by atoms with Gasteiger partial charge in [0.15, 0.2) is 0 Å². The van der Waals surface area contributed by atoms with Crippen molar-refractivity contribution in [2.45, 2.75) is 19.4 Å². The summed E-state index contributed by atoms with van der Waals surface area (Å²) in [5.74, 6) is 4.89. The van der Waals surface area contributed by atoms with Crippen molar-refractivity contribution in [2.24, 2.45) is 5.84 Å². The topological polar surface area (TPSA) is 58.3 Å². The van der Waals surface area contributed by atoms with Gasteiger partial charge in [-0.3, -0.25) is 11.3 Å². The second-order valence-corrected chi connectivity index (χ2v) is 1.47. The van der Waals surface area contributed by atoms with Crippen molar-refractivity contribution in [3.05, 3.63) is 0 Å². The van der Waals surface area contributed by atoms with E-state index in [1.54, 1.807) is 0 Å². The van der Waals surface area contributed by atoms with Crippen LogP contribution in [0, 0.1) is 0 Å². The predicted octanol–water partition coefficient (Wildman–Crippen LogP) is -0.358. The lowest BCUT2D eigenvalue weighted by Crippen LogP contribution is -2.31. The Kier molecular flexibility index (Phi) is 9.89. The molecule has 0 aromatic rings. The van der Waals surface area contributed by atoms with Crippen molar-refractivity contribution in [2.75, 3.05) is 6.54 Å². The number of aliphatic hydroxyl groups is 1. The van der Waals surface area contributed by atoms with Crippen molar-refractivity contribution in [1.82, 2.24) is 5.43 Å². The summed E-state index contributed by atoms with van der Waals surface area (Å²) in [5.41, 5.74) is 2.37. The molecule has 0 aromatic carbocycles. The van der Waals surface area contributed by atoms with Gasteiger partial charge in [0.2, 0.25) is 0 Å². The lowest BCUT2D eigenvalue weighted by Gasteiger charge is -2.03. The predicted molar refractivity (Wildman–Crippen MR) is 35.7 cm³/mol. The number of rotatable bonds is 3. The molecule has 1 atom stereocenters. The average molecular weight is 141 g/mol. The standard InChI is InChI=1S/C4H12N2O.ClH/c1-2-4(7)3-6-5;/h4,6-7H,2-3,5H2,1H3;1H. The van der Waals surface area contributed by atoms with Crippen LogP contribution in [-0.2, 0) is 0 Å². The number of halogens is 1. The number of hydrogen-bond donors (Lipinski definition) is 3. The van der Waals surface area contributed by atoms with Crippen LogP contribution >= 0.6 is 12.4 Å². The summed E-state index contributed by atoms with van der Waals surface area (Å²) in [6.45, 7) is 2.39. The van der Waals surface area contributed by atoms with Crippen LogP contribution < -0.4 is 11.3 Å². The SMILES string of the molecule is CCC(O)CNN.Cl. The van der Waals surface area contributed by atoms with E-state index in [9.17, 15) is 0 Å². The van der Waals surface area contributed by atoms with E-state index in [-0.39, 0.29) is 18.5 Å². The van der Waals surface area contributed by atoms with Crippen molar-refractivity contribution in [1.29, 1.82) is 0 Å². The van der Waals surface area contributed by atoms with Crippen LogP contribution in [0.4, 0.5) is 0 Å². The quantitative estimate of drug-likeness (QED) is 0.371. The highest BCUT2D eigenvalue weighted by Gasteiger charge is 1.94. The largest absolute Gasteiger partial charge is 0.392 e. The molecule has 3 nitrogen and oxygen atoms in total. The molecule has 0 bridgehead atoms. The van der Waals surface area contributed by atoms with E-state index in [4.69, 9.17) is 10.9 Å². The molecule has 0 rings (SSSR count). The third kappa shape index (κ3) is 6.17. The fourth-order valence-electron chi connectivity index (χ4n) is 0.280. The molecule has 0 aliphatic heterocycles. The Labute approximate surface area is 55.6 Å². The van der Waals surface area contributed by atoms with Gasteiger partial charge in [0.1, 0.15) is 0 Å². The second-order valence-electron chi connectivity index (χ2n) is 1.47. The molecule has 0 saturated heterocycles. The summed E-state index contributed by atoms with van der Waals surface area (Å²) in [6, 6.07) is 0. The van der Waals surface area contributed by atoms with Crippen molar-refractivity contribution in [3.8, 4) is 0 Å². The van der Waals surface area contributed by atoms with Gasteiger partial charge in [0.25, 0.3) is 0 Å². The van der Waals surface area contributed by atoms with Gasteiger partial charge in [-0.15, -0.1) is 12.4 Å². The van der Waals surface area contributed by atoms with E-state index < -0.39 is 0 Å². The molecule has 0 saturated carbocycles. The van der Waals surface area contributed by atoms with Crippen LogP contribution in [0.25, 0.3) is 0 Å². The maximum Gasteiger partial charge on any atom is 0.0675 e. The minimum absolute atomic E-state index is 0. The van der Waals surface area contributed by atoms with E-state index in [0.29, 0.717) is 6.54 Å². The summed E-state index contributed by atoms with van der Waals surface area (Å²) >= 11 is 0. The first-order valence-electron chi connectivity index (χ1n) is 2.42. The molecule has 1 unspecified atom stereocenters. The van der Waals surface area contributed by atoms with E-state index >= 15 is 0 Å². The minimum atomic E-state index is -0.287. The van der Waals surface area contributed by atoms with Crippen LogP contribution in [0.1, 0.15) is 13.3 Å². The Morgan fingerprint density at radius 3 is 2.38 bits per heavy atom. The molecule has 0 aliphatic rings. The molecule has 8 heavy (non-hydrogen) atoms. The highest BCUT2D eigenvalue weighted by Crippen LogP contribution is 1.83. The van der Waals surface area contributed by atoms with Gasteiger partial charge in [0, 0.05) is 6.54 Å². The lowest BCUT2D eigenvalue weighted by atomic mass is 10.3. The van der Waals surface area contributed by atoms with Crippen LogP contribution in [0.3, 0.4) is 0 Å². The molecule has 0 aliphatic carbocycles. The Morgan fingerprint density at radius 2 is 2.25 bits per heavy atom. The monoisotopic (exact) mass is 140 g/mol. The molecule has 4 heteroatoms. The van der Waals surface area contributed by atoms with Crippen LogP contribution in [0.5, 0.6) is 0 Å². The maximum atomic E-state index is 8.72. The van der Waals surface area contributed by atoms with Crippen molar-refractivity contribution >= 4 is 12.4 Å². The molecule has 0 radical (unpaired) electrons. The summed E-state index contributed by atoms with van der Waals surface area (Å²) in [6.07, 6.45) is 0.467.